The van der Waals surface area contributed by atoms with Crippen LogP contribution >= 0.6 is 11.3 Å². The second kappa shape index (κ2) is 10.4. The summed E-state index contributed by atoms with van der Waals surface area (Å²) in [6.45, 7) is 9.18. The number of carboxylic acid groups (broad SMARTS) is 1. The van der Waals surface area contributed by atoms with Crippen LogP contribution in [-0.4, -0.2) is 45.6 Å². The van der Waals surface area contributed by atoms with Crippen LogP contribution in [0, 0.1) is 30.1 Å². The number of carbonyl (C=O) groups is 1. The molecule has 1 aliphatic rings. The molecule has 2 unspecified atom stereocenters. The van der Waals surface area contributed by atoms with E-state index < -0.39 is 18.0 Å². The summed E-state index contributed by atoms with van der Waals surface area (Å²) in [6.07, 6.45) is 4.54. The molecule has 0 spiro atoms. The lowest BCUT2D eigenvalue weighted by Gasteiger charge is -2.46. The fraction of sp³-hybridized carbons (Fsp3) is 0.625. The van der Waals surface area contributed by atoms with Gasteiger partial charge < -0.3 is 9.84 Å². The van der Waals surface area contributed by atoms with Crippen LogP contribution in [0.15, 0.2) is 18.5 Å². The Hall–Kier alpha value is -2.13. The van der Waals surface area contributed by atoms with Crippen molar-refractivity contribution >= 4 is 17.3 Å². The second-order valence-corrected chi connectivity index (χ2v) is 11.1. The molecule has 9 heteroatoms. The number of ether oxygens (including phenoxy) is 1. The van der Waals surface area contributed by atoms with Crippen molar-refractivity contribution in [3.05, 3.63) is 28.9 Å². The molecule has 182 valence electrons. The van der Waals surface area contributed by atoms with E-state index in [0.29, 0.717) is 42.4 Å². The molecule has 2 aromatic heterocycles. The van der Waals surface area contributed by atoms with Gasteiger partial charge >= 0.3 is 12.6 Å². The zero-order chi connectivity index (χ0) is 24.3. The molecular weight excluding hydrogens is 448 g/mol. The summed E-state index contributed by atoms with van der Waals surface area (Å²) in [4.78, 5) is 24.0. The van der Waals surface area contributed by atoms with Crippen LogP contribution in [0.1, 0.15) is 51.0 Å². The van der Waals surface area contributed by atoms with Gasteiger partial charge in [-0.15, -0.1) is 11.3 Å². The molecular formula is C24H33F2N3O3S. The molecule has 2 aromatic rings. The highest BCUT2D eigenvalue weighted by Crippen LogP contribution is 2.42. The Morgan fingerprint density at radius 1 is 1.30 bits per heavy atom. The maximum atomic E-state index is 12.8. The van der Waals surface area contributed by atoms with Crippen molar-refractivity contribution < 1.29 is 23.4 Å². The summed E-state index contributed by atoms with van der Waals surface area (Å²) < 4.78 is 30.2. The van der Waals surface area contributed by atoms with Crippen LogP contribution in [-0.2, 0) is 11.3 Å². The van der Waals surface area contributed by atoms with Crippen LogP contribution in [0.5, 0.6) is 5.88 Å². The fourth-order valence-electron chi connectivity index (χ4n) is 4.81. The number of aliphatic carboxylic acids is 1. The van der Waals surface area contributed by atoms with E-state index in [-0.39, 0.29) is 17.7 Å². The Morgan fingerprint density at radius 3 is 2.64 bits per heavy atom. The average Bonchev–Trinajstić information content (AvgIpc) is 3.16. The molecule has 0 bridgehead atoms. The van der Waals surface area contributed by atoms with Crippen molar-refractivity contribution in [2.45, 2.75) is 60.6 Å². The lowest BCUT2D eigenvalue weighted by atomic mass is 9.68. The number of hydrogen-bond donors (Lipinski definition) is 1. The minimum Gasteiger partial charge on any atom is -0.481 e. The Balaban J connectivity index is 1.85. The molecule has 1 aliphatic heterocycles. The Labute approximate surface area is 198 Å². The summed E-state index contributed by atoms with van der Waals surface area (Å²) >= 11 is 1.40. The van der Waals surface area contributed by atoms with E-state index in [9.17, 15) is 18.7 Å². The first-order chi connectivity index (χ1) is 15.5. The van der Waals surface area contributed by atoms with Crippen molar-refractivity contribution in [3.8, 4) is 16.5 Å². The number of nitrogens with zero attached hydrogens (tertiary/aromatic N) is 3. The third-order valence-corrected chi connectivity index (χ3v) is 7.23. The number of halogens is 2. The third-order valence-electron chi connectivity index (χ3n) is 6.22. The Morgan fingerprint density at radius 2 is 2.03 bits per heavy atom. The minimum atomic E-state index is -2.97. The van der Waals surface area contributed by atoms with Crippen molar-refractivity contribution in [3.63, 3.8) is 0 Å². The van der Waals surface area contributed by atoms with Crippen LogP contribution in [0.4, 0.5) is 8.78 Å². The van der Waals surface area contributed by atoms with Gasteiger partial charge in [-0.1, -0.05) is 27.7 Å². The molecule has 0 saturated carbocycles. The standard InChI is InChI=1S/C24H33F2N3O3S/c1-14(2)7-24(22(30)31)8-17(15(3)4)11-29(13-24)12-18-10-28-21(33-18)19-6-16(5)9-27-20(19)32-23(25)26/h6,9-10,14-15,17,23H,7-8,11-13H2,1-5H3,(H,30,31). The normalized spacial score (nSPS) is 21.8. The van der Waals surface area contributed by atoms with Gasteiger partial charge in [-0.25, -0.2) is 9.97 Å². The summed E-state index contributed by atoms with van der Waals surface area (Å²) in [6, 6.07) is 1.74. The first kappa shape index (κ1) is 25.5. The molecule has 3 heterocycles. The Kier molecular flexibility index (Phi) is 8.05. The first-order valence-corrected chi connectivity index (χ1v) is 12.1. The van der Waals surface area contributed by atoms with E-state index in [2.05, 4.69) is 47.3 Å². The third kappa shape index (κ3) is 6.26. The molecule has 0 aliphatic carbocycles. The smallest absolute Gasteiger partial charge is 0.388 e. The molecule has 6 nitrogen and oxygen atoms in total. The van der Waals surface area contributed by atoms with Crippen LogP contribution < -0.4 is 4.74 Å². The average molecular weight is 482 g/mol. The molecule has 0 aromatic carbocycles. The zero-order valence-corrected chi connectivity index (χ0v) is 20.7. The van der Waals surface area contributed by atoms with Gasteiger partial charge in [0, 0.05) is 36.9 Å². The molecule has 1 N–H and O–H groups in total. The van der Waals surface area contributed by atoms with Gasteiger partial charge in [0.15, 0.2) is 0 Å². The van der Waals surface area contributed by atoms with Gasteiger partial charge in [0.25, 0.3) is 0 Å². The number of hydrogen-bond acceptors (Lipinski definition) is 6. The molecule has 0 radical (unpaired) electrons. The van der Waals surface area contributed by atoms with Crippen molar-refractivity contribution in [2.24, 2.45) is 23.2 Å². The molecule has 33 heavy (non-hydrogen) atoms. The highest BCUT2D eigenvalue weighted by molar-refractivity contribution is 7.15. The van der Waals surface area contributed by atoms with Gasteiger partial charge in [-0.05, 0) is 49.1 Å². The fourth-order valence-corrected chi connectivity index (χ4v) is 5.77. The van der Waals surface area contributed by atoms with Crippen molar-refractivity contribution in [1.29, 1.82) is 0 Å². The van der Waals surface area contributed by atoms with Crippen LogP contribution in [0.3, 0.4) is 0 Å². The first-order valence-electron chi connectivity index (χ1n) is 11.3. The van der Waals surface area contributed by atoms with Gasteiger partial charge in [0.1, 0.15) is 5.01 Å². The molecule has 1 fully saturated rings. The quantitative estimate of drug-likeness (QED) is 0.494. The number of carboxylic acids is 1. The van der Waals surface area contributed by atoms with Gasteiger partial charge in [0.2, 0.25) is 5.88 Å². The maximum absolute atomic E-state index is 12.8. The summed E-state index contributed by atoms with van der Waals surface area (Å²) in [5.41, 5.74) is 0.484. The second-order valence-electron chi connectivity index (χ2n) is 9.94. The largest absolute Gasteiger partial charge is 0.481 e. The number of aryl methyl sites for hydroxylation is 1. The van der Waals surface area contributed by atoms with Crippen LogP contribution in [0.25, 0.3) is 10.6 Å². The number of likely N-dealkylation sites (tertiary alicyclic amines) is 1. The van der Waals surface area contributed by atoms with Crippen molar-refractivity contribution in [1.82, 2.24) is 14.9 Å². The maximum Gasteiger partial charge on any atom is 0.388 e. The van der Waals surface area contributed by atoms with Gasteiger partial charge in [-0.3, -0.25) is 9.69 Å². The lowest BCUT2D eigenvalue weighted by Crippen LogP contribution is -2.52. The SMILES string of the molecule is Cc1cnc(OC(F)F)c(-c2ncc(CN3CC(C(C)C)CC(CC(C)C)(C(=O)O)C3)s2)c1. The number of piperidine rings is 1. The van der Waals surface area contributed by atoms with E-state index in [0.717, 1.165) is 17.0 Å². The van der Waals surface area contributed by atoms with Crippen LogP contribution in [0.2, 0.25) is 0 Å². The Bertz CT molecular complexity index is 966. The van der Waals surface area contributed by atoms with E-state index in [1.54, 1.807) is 12.3 Å². The molecule has 2 atom stereocenters. The van der Waals surface area contributed by atoms with Gasteiger partial charge in [0.05, 0.1) is 11.0 Å². The number of alkyl halides is 2. The number of pyridine rings is 1. The number of thiazole rings is 1. The van der Waals surface area contributed by atoms with E-state index in [4.69, 9.17) is 0 Å². The highest BCUT2D eigenvalue weighted by Gasteiger charge is 2.46. The minimum absolute atomic E-state index is 0.142. The summed E-state index contributed by atoms with van der Waals surface area (Å²) in [5, 5.41) is 10.7. The van der Waals surface area contributed by atoms with Gasteiger partial charge in [-0.2, -0.15) is 8.78 Å². The van der Waals surface area contributed by atoms with E-state index >= 15 is 0 Å². The lowest BCUT2D eigenvalue weighted by molar-refractivity contribution is -0.156. The molecule has 3 rings (SSSR count). The summed E-state index contributed by atoms with van der Waals surface area (Å²) in [5.74, 6) is 0.0782. The predicted octanol–water partition coefficient (Wildman–Crippen LogP) is 5.71. The monoisotopic (exact) mass is 481 g/mol. The number of aromatic nitrogens is 2. The molecule has 1 saturated heterocycles. The highest BCUT2D eigenvalue weighted by atomic mass is 32.1. The topological polar surface area (TPSA) is 75.6 Å². The molecule has 0 amide bonds. The zero-order valence-electron chi connectivity index (χ0n) is 19.8. The summed E-state index contributed by atoms with van der Waals surface area (Å²) in [7, 11) is 0. The number of rotatable bonds is 9. The van der Waals surface area contributed by atoms with E-state index in [1.807, 2.05) is 6.92 Å². The van der Waals surface area contributed by atoms with E-state index in [1.165, 1.54) is 17.5 Å². The van der Waals surface area contributed by atoms with Crippen molar-refractivity contribution in [2.75, 3.05) is 13.1 Å². The predicted molar refractivity (Wildman–Crippen MR) is 124 cm³/mol.